The van der Waals surface area contributed by atoms with Crippen LogP contribution in [0.1, 0.15) is 29.9 Å². The van der Waals surface area contributed by atoms with Gasteiger partial charge in [-0.3, -0.25) is 9.59 Å². The molecule has 0 spiro atoms. The van der Waals surface area contributed by atoms with Crippen molar-refractivity contribution in [1.29, 1.82) is 0 Å². The highest BCUT2D eigenvalue weighted by atomic mass is 16.5. The molecule has 2 aliphatic rings. The van der Waals surface area contributed by atoms with Crippen molar-refractivity contribution in [3.63, 3.8) is 0 Å². The number of likely N-dealkylation sites (N-methyl/N-ethyl adjacent to an activating group) is 1. The van der Waals surface area contributed by atoms with E-state index in [4.69, 9.17) is 9.84 Å². The Morgan fingerprint density at radius 1 is 1.09 bits per heavy atom. The van der Waals surface area contributed by atoms with Gasteiger partial charge in [0.1, 0.15) is 12.6 Å². The number of benzene rings is 2. The highest BCUT2D eigenvalue weighted by molar-refractivity contribution is 5.89. The van der Waals surface area contributed by atoms with Gasteiger partial charge in [-0.05, 0) is 42.3 Å². The van der Waals surface area contributed by atoms with Crippen molar-refractivity contribution in [3.05, 3.63) is 59.7 Å². The first-order chi connectivity index (χ1) is 15.4. The van der Waals surface area contributed by atoms with E-state index in [0.717, 1.165) is 35.2 Å². The van der Waals surface area contributed by atoms with Gasteiger partial charge in [0.2, 0.25) is 5.91 Å². The minimum absolute atomic E-state index is 0.0914. The first-order valence-electron chi connectivity index (χ1n) is 10.7. The van der Waals surface area contributed by atoms with Crippen LogP contribution in [0.4, 0.5) is 4.79 Å². The van der Waals surface area contributed by atoms with Crippen LogP contribution >= 0.6 is 0 Å². The standard InChI is InChI=1S/C24H27N3O5/c1-27-11-10-15(27)13-25-23(30)21(12-22(28)29)26-24(31)32-14-20-18-8-4-2-6-16(18)17-7-3-5-9-19(17)20/h2-9,15,20-21H,10-14H2,1H3,(H,25,30)(H,26,31)(H,28,29). The van der Waals surface area contributed by atoms with Crippen LogP contribution in [0.25, 0.3) is 11.1 Å². The zero-order valence-corrected chi connectivity index (χ0v) is 17.9. The van der Waals surface area contributed by atoms with E-state index in [1.165, 1.54) is 0 Å². The highest BCUT2D eigenvalue weighted by Crippen LogP contribution is 2.44. The summed E-state index contributed by atoms with van der Waals surface area (Å²) in [5.74, 6) is -1.82. The number of likely N-dealkylation sites (tertiary alicyclic amines) is 1. The molecule has 0 radical (unpaired) electrons. The Morgan fingerprint density at radius 3 is 2.25 bits per heavy atom. The first-order valence-corrected chi connectivity index (χ1v) is 10.7. The normalized spacial score (nSPS) is 18.1. The molecule has 32 heavy (non-hydrogen) atoms. The van der Waals surface area contributed by atoms with Crippen LogP contribution in [0.5, 0.6) is 0 Å². The van der Waals surface area contributed by atoms with Gasteiger partial charge in [0.25, 0.3) is 0 Å². The first kappa shape index (κ1) is 21.8. The molecular weight excluding hydrogens is 410 g/mol. The van der Waals surface area contributed by atoms with E-state index in [2.05, 4.69) is 15.5 Å². The molecule has 2 amide bonds. The summed E-state index contributed by atoms with van der Waals surface area (Å²) in [6, 6.07) is 15.0. The second kappa shape index (κ2) is 9.40. The SMILES string of the molecule is CN1CCC1CNC(=O)C(CC(=O)O)NC(=O)OCC1c2ccccc2-c2ccccc21. The quantitative estimate of drug-likeness (QED) is 0.584. The maximum Gasteiger partial charge on any atom is 0.407 e. The van der Waals surface area contributed by atoms with Crippen molar-refractivity contribution in [1.82, 2.24) is 15.5 Å². The molecule has 8 nitrogen and oxygen atoms in total. The van der Waals surface area contributed by atoms with E-state index in [9.17, 15) is 14.4 Å². The molecule has 3 N–H and O–H groups in total. The lowest BCUT2D eigenvalue weighted by Crippen LogP contribution is -2.54. The number of carbonyl (C=O) groups is 3. The topological polar surface area (TPSA) is 108 Å². The zero-order chi connectivity index (χ0) is 22.7. The maximum absolute atomic E-state index is 12.5. The fourth-order valence-corrected chi connectivity index (χ4v) is 4.34. The van der Waals surface area contributed by atoms with Gasteiger partial charge in [-0.1, -0.05) is 48.5 Å². The van der Waals surface area contributed by atoms with Gasteiger partial charge >= 0.3 is 12.1 Å². The highest BCUT2D eigenvalue weighted by Gasteiger charge is 2.31. The Balaban J connectivity index is 1.37. The summed E-state index contributed by atoms with van der Waals surface area (Å²) >= 11 is 0. The summed E-state index contributed by atoms with van der Waals surface area (Å²) in [5.41, 5.74) is 4.37. The number of amides is 2. The third-order valence-corrected chi connectivity index (χ3v) is 6.28. The predicted octanol–water partition coefficient (Wildman–Crippen LogP) is 2.19. The van der Waals surface area contributed by atoms with Gasteiger partial charge in [0.05, 0.1) is 6.42 Å². The van der Waals surface area contributed by atoms with Crippen molar-refractivity contribution in [2.75, 3.05) is 26.7 Å². The van der Waals surface area contributed by atoms with Gasteiger partial charge in [-0.25, -0.2) is 4.79 Å². The van der Waals surface area contributed by atoms with Crippen LogP contribution in [0.2, 0.25) is 0 Å². The Kier molecular flexibility index (Phi) is 6.41. The molecule has 2 aromatic carbocycles. The summed E-state index contributed by atoms with van der Waals surface area (Å²) in [5, 5.41) is 14.3. The van der Waals surface area contributed by atoms with Crippen LogP contribution < -0.4 is 10.6 Å². The van der Waals surface area contributed by atoms with Gasteiger partial charge in [0.15, 0.2) is 0 Å². The van der Waals surface area contributed by atoms with Crippen molar-refractivity contribution in [2.24, 2.45) is 0 Å². The number of alkyl carbamates (subject to hydrolysis) is 1. The number of ether oxygens (including phenoxy) is 1. The van der Waals surface area contributed by atoms with Gasteiger partial charge in [0, 0.05) is 18.5 Å². The summed E-state index contributed by atoms with van der Waals surface area (Å²) < 4.78 is 5.45. The molecule has 1 saturated heterocycles. The van der Waals surface area contributed by atoms with Crippen molar-refractivity contribution < 1.29 is 24.2 Å². The summed E-state index contributed by atoms with van der Waals surface area (Å²) in [6.07, 6.45) is -0.356. The number of rotatable bonds is 8. The van der Waals surface area contributed by atoms with Crippen molar-refractivity contribution in [3.8, 4) is 11.1 Å². The van der Waals surface area contributed by atoms with Crippen molar-refractivity contribution >= 4 is 18.0 Å². The van der Waals surface area contributed by atoms with Crippen LogP contribution in [-0.4, -0.2) is 66.8 Å². The number of aliphatic carboxylic acids is 1. The number of hydrogen-bond donors (Lipinski definition) is 3. The number of nitrogens with zero attached hydrogens (tertiary/aromatic N) is 1. The molecule has 8 heteroatoms. The zero-order valence-electron chi connectivity index (χ0n) is 17.9. The largest absolute Gasteiger partial charge is 0.481 e. The molecule has 0 saturated carbocycles. The van der Waals surface area contributed by atoms with E-state index in [1.54, 1.807) is 0 Å². The Hall–Kier alpha value is -3.39. The van der Waals surface area contributed by atoms with Gasteiger partial charge in [-0.2, -0.15) is 0 Å². The summed E-state index contributed by atoms with van der Waals surface area (Å²) in [4.78, 5) is 38.3. The number of fused-ring (bicyclic) bond motifs is 3. The van der Waals surface area contributed by atoms with Gasteiger partial charge < -0.3 is 25.4 Å². The number of carboxylic acids is 1. The lowest BCUT2D eigenvalue weighted by molar-refractivity contribution is -0.139. The molecule has 4 rings (SSSR count). The van der Waals surface area contributed by atoms with Crippen LogP contribution in [0.15, 0.2) is 48.5 Å². The molecule has 2 atom stereocenters. The second-order valence-corrected chi connectivity index (χ2v) is 8.29. The van der Waals surface area contributed by atoms with Crippen molar-refractivity contribution in [2.45, 2.75) is 30.8 Å². The van der Waals surface area contributed by atoms with Gasteiger partial charge in [-0.15, -0.1) is 0 Å². The second-order valence-electron chi connectivity index (χ2n) is 8.29. The molecule has 1 aliphatic carbocycles. The van der Waals surface area contributed by atoms with Crippen LogP contribution in [0, 0.1) is 0 Å². The Labute approximate surface area is 186 Å². The van der Waals surface area contributed by atoms with E-state index >= 15 is 0 Å². The maximum atomic E-state index is 12.5. The lowest BCUT2D eigenvalue weighted by atomic mass is 9.98. The fourth-order valence-electron chi connectivity index (χ4n) is 4.34. The Bertz CT molecular complexity index is 979. The molecular formula is C24H27N3O5. The van der Waals surface area contributed by atoms with Crippen LogP contribution in [-0.2, 0) is 14.3 Å². The third-order valence-electron chi connectivity index (χ3n) is 6.28. The third kappa shape index (κ3) is 4.60. The lowest BCUT2D eigenvalue weighted by Gasteiger charge is -2.38. The van der Waals surface area contributed by atoms with E-state index in [1.807, 2.05) is 55.6 Å². The monoisotopic (exact) mass is 437 g/mol. The molecule has 0 aromatic heterocycles. The number of carboxylic acid groups (broad SMARTS) is 1. The summed E-state index contributed by atoms with van der Waals surface area (Å²) in [7, 11) is 1.96. The minimum Gasteiger partial charge on any atom is -0.481 e. The van der Waals surface area contributed by atoms with Crippen LogP contribution in [0.3, 0.4) is 0 Å². The Morgan fingerprint density at radius 2 is 1.72 bits per heavy atom. The molecule has 1 fully saturated rings. The molecule has 1 aliphatic heterocycles. The van der Waals surface area contributed by atoms with E-state index < -0.39 is 30.4 Å². The average Bonchev–Trinajstić information content (AvgIpc) is 3.09. The molecule has 0 bridgehead atoms. The summed E-state index contributed by atoms with van der Waals surface area (Å²) in [6.45, 7) is 1.48. The molecule has 1 heterocycles. The number of hydrogen-bond acceptors (Lipinski definition) is 5. The average molecular weight is 437 g/mol. The predicted molar refractivity (Wildman–Crippen MR) is 118 cm³/mol. The van der Waals surface area contributed by atoms with E-state index in [-0.39, 0.29) is 18.6 Å². The minimum atomic E-state index is -1.20. The number of nitrogens with one attached hydrogen (secondary N) is 2. The fraction of sp³-hybridized carbons (Fsp3) is 0.375. The molecule has 2 unspecified atom stereocenters. The molecule has 168 valence electrons. The smallest absolute Gasteiger partial charge is 0.407 e. The number of carbonyl (C=O) groups excluding carboxylic acids is 2. The molecule has 2 aromatic rings. The van der Waals surface area contributed by atoms with E-state index in [0.29, 0.717) is 6.54 Å².